The Morgan fingerprint density at radius 2 is 1.90 bits per heavy atom. The van der Waals surface area contributed by atoms with E-state index in [1.807, 2.05) is 0 Å². The lowest BCUT2D eigenvalue weighted by Crippen LogP contribution is -2.36. The summed E-state index contributed by atoms with van der Waals surface area (Å²) in [6.45, 7) is 1.64. The minimum Gasteiger partial charge on any atom is -0.495 e. The molecule has 0 atom stereocenters. The van der Waals surface area contributed by atoms with Crippen molar-refractivity contribution in [3.05, 3.63) is 85.9 Å². The van der Waals surface area contributed by atoms with E-state index in [0.717, 1.165) is 16.7 Å². The molecule has 0 unspecified atom stereocenters. The number of amides is 3. The largest absolute Gasteiger partial charge is 0.495 e. The second-order valence-corrected chi connectivity index (χ2v) is 10.6. The number of ether oxygens (including phenoxy) is 3. The van der Waals surface area contributed by atoms with Gasteiger partial charge in [-0.3, -0.25) is 19.3 Å². The van der Waals surface area contributed by atoms with Crippen LogP contribution in [0.3, 0.4) is 0 Å². The zero-order valence-corrected chi connectivity index (χ0v) is 24.5. The summed E-state index contributed by atoms with van der Waals surface area (Å²) in [6, 6.07) is 14.3. The number of carbonyl (C=O) groups excluding carboxylic acids is 3. The molecule has 1 fully saturated rings. The Labute approximate surface area is 247 Å². The number of carbonyl (C=O) groups is 3. The minimum absolute atomic E-state index is 0.0195. The van der Waals surface area contributed by atoms with Crippen molar-refractivity contribution in [2.45, 2.75) is 13.5 Å². The molecule has 208 valence electrons. The fourth-order valence-electron chi connectivity index (χ4n) is 3.72. The van der Waals surface area contributed by atoms with Crippen LogP contribution in [0.2, 0.25) is 5.02 Å². The van der Waals surface area contributed by atoms with Crippen molar-refractivity contribution >= 4 is 68.1 Å². The first-order valence-electron chi connectivity index (χ1n) is 11.9. The van der Waals surface area contributed by atoms with Gasteiger partial charge in [0.25, 0.3) is 11.1 Å². The van der Waals surface area contributed by atoms with E-state index in [-0.39, 0.29) is 17.3 Å². The molecule has 1 N–H and O–H groups in total. The van der Waals surface area contributed by atoms with Crippen LogP contribution in [0, 0.1) is 5.82 Å². The van der Waals surface area contributed by atoms with Gasteiger partial charge in [-0.15, -0.1) is 0 Å². The second-order valence-electron chi connectivity index (χ2n) is 8.31. The van der Waals surface area contributed by atoms with Gasteiger partial charge in [0.05, 0.1) is 28.1 Å². The number of methoxy groups -OCH3 is 1. The Morgan fingerprint density at radius 3 is 2.60 bits per heavy atom. The maximum Gasteiger partial charge on any atom is 0.294 e. The van der Waals surface area contributed by atoms with E-state index >= 15 is 0 Å². The lowest BCUT2D eigenvalue weighted by atomic mass is 10.1. The van der Waals surface area contributed by atoms with Gasteiger partial charge in [0.1, 0.15) is 24.7 Å². The summed E-state index contributed by atoms with van der Waals surface area (Å²) in [5, 5.41) is 2.34. The lowest BCUT2D eigenvalue weighted by Gasteiger charge is -2.15. The molecule has 1 heterocycles. The first-order valence-corrected chi connectivity index (χ1v) is 13.9. The summed E-state index contributed by atoms with van der Waals surface area (Å²) in [5.41, 5.74) is 1.33. The van der Waals surface area contributed by atoms with Crippen LogP contribution in [0.5, 0.6) is 17.2 Å². The Balaban J connectivity index is 1.48. The summed E-state index contributed by atoms with van der Waals surface area (Å²) in [4.78, 5) is 39.1. The summed E-state index contributed by atoms with van der Waals surface area (Å²) in [6.07, 6.45) is 1.53. The number of benzene rings is 3. The molecule has 1 aliphatic heterocycles. The predicted molar refractivity (Wildman–Crippen MR) is 155 cm³/mol. The lowest BCUT2D eigenvalue weighted by molar-refractivity contribution is -0.127. The van der Waals surface area contributed by atoms with Crippen LogP contribution < -0.4 is 19.5 Å². The van der Waals surface area contributed by atoms with E-state index in [9.17, 15) is 18.8 Å². The SMILES string of the molecule is CCOc1cc(/C=C2\SC(=O)N(CC(=O)Nc3ccc(OC)c(Cl)c3)C2=O)cc(Br)c1OCc1ccccc1F. The van der Waals surface area contributed by atoms with Gasteiger partial charge < -0.3 is 19.5 Å². The van der Waals surface area contributed by atoms with Crippen molar-refractivity contribution in [1.82, 2.24) is 4.90 Å². The molecule has 0 saturated carbocycles. The molecule has 0 aromatic heterocycles. The fourth-order valence-corrected chi connectivity index (χ4v) is 5.39. The Morgan fingerprint density at radius 1 is 1.12 bits per heavy atom. The molecule has 4 rings (SSSR count). The number of nitrogens with zero attached hydrogens (tertiary/aromatic N) is 1. The number of rotatable bonds is 10. The Bertz CT molecular complexity index is 1500. The summed E-state index contributed by atoms with van der Waals surface area (Å²) < 4.78 is 31.2. The van der Waals surface area contributed by atoms with Crippen molar-refractivity contribution in [2.75, 3.05) is 25.6 Å². The molecule has 0 radical (unpaired) electrons. The molecule has 3 aromatic carbocycles. The molecule has 8 nitrogen and oxygen atoms in total. The molecule has 0 bridgehead atoms. The molecule has 12 heteroatoms. The highest BCUT2D eigenvalue weighted by molar-refractivity contribution is 9.10. The van der Waals surface area contributed by atoms with Crippen molar-refractivity contribution in [2.24, 2.45) is 0 Å². The van der Waals surface area contributed by atoms with Crippen LogP contribution in [0.4, 0.5) is 14.9 Å². The second kappa shape index (κ2) is 13.2. The molecule has 40 heavy (non-hydrogen) atoms. The van der Waals surface area contributed by atoms with E-state index in [1.54, 1.807) is 49.4 Å². The van der Waals surface area contributed by atoms with Crippen molar-refractivity contribution in [3.63, 3.8) is 0 Å². The average molecular weight is 650 g/mol. The number of thioether (sulfide) groups is 1. The van der Waals surface area contributed by atoms with E-state index in [1.165, 1.54) is 25.3 Å². The third-order valence-electron chi connectivity index (χ3n) is 5.57. The van der Waals surface area contributed by atoms with Crippen LogP contribution >= 0.6 is 39.3 Å². The van der Waals surface area contributed by atoms with Gasteiger partial charge in [0.15, 0.2) is 11.5 Å². The van der Waals surface area contributed by atoms with Crippen LogP contribution in [0.25, 0.3) is 6.08 Å². The monoisotopic (exact) mass is 648 g/mol. The van der Waals surface area contributed by atoms with Gasteiger partial charge in [-0.1, -0.05) is 29.8 Å². The quantitative estimate of drug-likeness (QED) is 0.239. The van der Waals surface area contributed by atoms with Crippen molar-refractivity contribution in [1.29, 1.82) is 0 Å². The first-order chi connectivity index (χ1) is 19.2. The fraction of sp³-hybridized carbons (Fsp3) is 0.179. The van der Waals surface area contributed by atoms with Gasteiger partial charge in [-0.25, -0.2) is 4.39 Å². The van der Waals surface area contributed by atoms with Crippen LogP contribution in [-0.4, -0.2) is 42.2 Å². The zero-order chi connectivity index (χ0) is 28.8. The number of hydrogen-bond acceptors (Lipinski definition) is 7. The molecule has 3 amide bonds. The first kappa shape index (κ1) is 29.4. The highest BCUT2D eigenvalue weighted by atomic mass is 79.9. The molecular weight excluding hydrogens is 627 g/mol. The molecule has 0 spiro atoms. The third-order valence-corrected chi connectivity index (χ3v) is 7.36. The highest BCUT2D eigenvalue weighted by Gasteiger charge is 2.36. The van der Waals surface area contributed by atoms with Gasteiger partial charge in [-0.2, -0.15) is 0 Å². The van der Waals surface area contributed by atoms with E-state index in [4.69, 9.17) is 25.8 Å². The summed E-state index contributed by atoms with van der Waals surface area (Å²) in [7, 11) is 1.47. The van der Waals surface area contributed by atoms with Gasteiger partial charge in [0.2, 0.25) is 5.91 Å². The van der Waals surface area contributed by atoms with E-state index in [2.05, 4.69) is 21.2 Å². The van der Waals surface area contributed by atoms with Gasteiger partial charge in [-0.05, 0) is 82.7 Å². The number of imide groups is 1. The van der Waals surface area contributed by atoms with Gasteiger partial charge in [0, 0.05) is 11.3 Å². The maximum atomic E-state index is 14.0. The molecule has 0 aliphatic carbocycles. The van der Waals surface area contributed by atoms with Crippen molar-refractivity contribution in [3.8, 4) is 17.2 Å². The maximum absolute atomic E-state index is 14.0. The van der Waals surface area contributed by atoms with Crippen LogP contribution in [0.15, 0.2) is 64.0 Å². The Hall–Kier alpha value is -3.54. The standard InChI is InChI=1S/C28H23BrClFN2O6S/c1-3-38-23-11-16(10-19(29)26(23)39-15-17-6-4-5-7-21(17)31)12-24-27(35)33(28(36)40-24)14-25(34)32-18-8-9-22(37-2)20(30)13-18/h4-13H,3,14-15H2,1-2H3,(H,32,34)/b24-12-. The zero-order valence-electron chi connectivity index (χ0n) is 21.3. The third kappa shape index (κ3) is 6.96. The van der Waals surface area contributed by atoms with Crippen molar-refractivity contribution < 1.29 is 33.0 Å². The van der Waals surface area contributed by atoms with Gasteiger partial charge >= 0.3 is 0 Å². The predicted octanol–water partition coefficient (Wildman–Crippen LogP) is 6.90. The molecule has 1 aliphatic rings. The number of anilines is 1. The summed E-state index contributed by atoms with van der Waals surface area (Å²) >= 11 is 10.3. The Kier molecular flexibility index (Phi) is 9.72. The molecule has 1 saturated heterocycles. The number of nitrogens with one attached hydrogen (secondary N) is 1. The van der Waals surface area contributed by atoms with Crippen LogP contribution in [0.1, 0.15) is 18.1 Å². The number of hydrogen-bond donors (Lipinski definition) is 1. The normalized spacial score (nSPS) is 14.0. The molecular formula is C28H23BrClFN2O6S. The van der Waals surface area contributed by atoms with E-state index < -0.39 is 23.6 Å². The van der Waals surface area contributed by atoms with E-state index in [0.29, 0.717) is 50.2 Å². The smallest absolute Gasteiger partial charge is 0.294 e. The highest BCUT2D eigenvalue weighted by Crippen LogP contribution is 2.40. The summed E-state index contributed by atoms with van der Waals surface area (Å²) in [5.74, 6) is -0.374. The number of halogens is 3. The average Bonchev–Trinajstić information content (AvgIpc) is 3.16. The topological polar surface area (TPSA) is 94.2 Å². The molecule has 3 aromatic rings. The van der Waals surface area contributed by atoms with Crippen LogP contribution in [-0.2, 0) is 16.2 Å². The minimum atomic E-state index is -0.605.